The number of benzene rings is 4. The van der Waals surface area contributed by atoms with Crippen molar-refractivity contribution in [3.63, 3.8) is 0 Å². The molecule has 0 fully saturated rings. The Balaban J connectivity index is 0.00000417. The molecule has 0 aliphatic carbocycles. The van der Waals surface area contributed by atoms with Crippen molar-refractivity contribution in [1.29, 1.82) is 0 Å². The second kappa shape index (κ2) is 13.1. The zero-order valence-electron chi connectivity index (χ0n) is 29.7. The summed E-state index contributed by atoms with van der Waals surface area (Å²) in [4.78, 5) is 4.76. The molecule has 0 saturated heterocycles. The van der Waals surface area contributed by atoms with Crippen LogP contribution in [0.1, 0.15) is 66.6 Å². The van der Waals surface area contributed by atoms with Gasteiger partial charge in [-0.05, 0) is 115 Å². The first-order valence-corrected chi connectivity index (χ1v) is 16.7. The Labute approximate surface area is 304 Å². The second-order valence-electron chi connectivity index (χ2n) is 14.0. The molecule has 0 aliphatic heterocycles. The van der Waals surface area contributed by atoms with Gasteiger partial charge in [-0.15, -0.1) is 41.3 Å². The van der Waals surface area contributed by atoms with Crippen molar-refractivity contribution in [3.05, 3.63) is 130 Å². The van der Waals surface area contributed by atoms with Gasteiger partial charge in [0.2, 0.25) is 0 Å². The fourth-order valence-electron chi connectivity index (χ4n) is 6.75. The van der Waals surface area contributed by atoms with E-state index in [1.165, 1.54) is 38.9 Å². The normalized spacial score (nSPS) is 11.7. The van der Waals surface area contributed by atoms with Crippen LogP contribution in [0.3, 0.4) is 0 Å². The molecule has 6 heteroatoms. The number of nitrogens with zero attached hydrogens (tertiary/aromatic N) is 4. The molecule has 0 unspecified atom stereocenters. The van der Waals surface area contributed by atoms with Crippen molar-refractivity contribution in [3.8, 4) is 34.1 Å². The third-order valence-corrected chi connectivity index (χ3v) is 10.0. The molecule has 3 heterocycles. The van der Waals surface area contributed by atoms with Crippen LogP contribution in [0.4, 0.5) is 0 Å². The molecular formula is C43H42N4OPt. The summed E-state index contributed by atoms with van der Waals surface area (Å²) >= 11 is 0. The van der Waals surface area contributed by atoms with Crippen LogP contribution < -0.4 is 4.74 Å². The number of hydrogen-bond donors (Lipinski definition) is 0. The van der Waals surface area contributed by atoms with Crippen LogP contribution in [-0.2, 0) is 32.9 Å². The van der Waals surface area contributed by atoms with Crippen LogP contribution in [0.2, 0.25) is 0 Å². The van der Waals surface area contributed by atoms with Crippen molar-refractivity contribution >= 4 is 21.8 Å². The molecule has 49 heavy (non-hydrogen) atoms. The molecule has 0 atom stereocenters. The van der Waals surface area contributed by atoms with Gasteiger partial charge in [-0.1, -0.05) is 51.4 Å². The van der Waals surface area contributed by atoms with E-state index < -0.39 is 0 Å². The summed E-state index contributed by atoms with van der Waals surface area (Å²) in [6.45, 7) is 19.9. The van der Waals surface area contributed by atoms with E-state index in [9.17, 15) is 0 Å². The van der Waals surface area contributed by atoms with Gasteiger partial charge in [0.1, 0.15) is 5.82 Å². The van der Waals surface area contributed by atoms with E-state index in [4.69, 9.17) is 14.8 Å². The zero-order valence-corrected chi connectivity index (χ0v) is 32.0. The van der Waals surface area contributed by atoms with Crippen molar-refractivity contribution in [1.82, 2.24) is 19.3 Å². The van der Waals surface area contributed by atoms with E-state index in [1.807, 2.05) is 23.1 Å². The number of ether oxygens (including phenoxy) is 1. The average Bonchev–Trinajstić information content (AvgIpc) is 3.69. The Kier molecular flexibility index (Phi) is 9.19. The van der Waals surface area contributed by atoms with Crippen LogP contribution in [0.5, 0.6) is 11.5 Å². The first-order chi connectivity index (χ1) is 22.9. The van der Waals surface area contributed by atoms with Crippen LogP contribution in [0.25, 0.3) is 44.4 Å². The Hall–Kier alpha value is -4.47. The van der Waals surface area contributed by atoms with Crippen LogP contribution in [-0.4, -0.2) is 19.3 Å². The molecule has 0 N–H and O–H groups in total. The van der Waals surface area contributed by atoms with Crippen molar-refractivity contribution in [2.45, 2.75) is 74.1 Å². The number of aryl methyl sites for hydroxylation is 1. The van der Waals surface area contributed by atoms with E-state index in [0.29, 0.717) is 11.5 Å². The molecule has 250 valence electrons. The third-order valence-electron chi connectivity index (χ3n) is 10.0. The van der Waals surface area contributed by atoms with Crippen LogP contribution in [0, 0.1) is 46.8 Å². The fourth-order valence-corrected chi connectivity index (χ4v) is 6.75. The SMILES string of the molecule is CCc1ccnc(-n2c3[c-]c(Oc4[c-]c(-n5cc(-c6c(C)c(C)c(C)c(C)c6C)cn5)cc(C(C)(C)C)c4)ccc3c3ccccc32)c1.[Pt+2]. The molecule has 5 nitrogen and oxygen atoms in total. The van der Waals surface area contributed by atoms with Crippen LogP contribution in [0.15, 0.2) is 79.3 Å². The molecule has 7 rings (SSSR count). The van der Waals surface area contributed by atoms with Crippen LogP contribution >= 0.6 is 0 Å². The topological polar surface area (TPSA) is 44.9 Å². The average molecular weight is 826 g/mol. The molecule has 0 saturated carbocycles. The maximum Gasteiger partial charge on any atom is 2.00 e. The predicted octanol–water partition coefficient (Wildman–Crippen LogP) is 10.8. The minimum atomic E-state index is -0.119. The van der Waals surface area contributed by atoms with Gasteiger partial charge in [0.15, 0.2) is 0 Å². The summed E-state index contributed by atoms with van der Waals surface area (Å²) in [7, 11) is 0. The summed E-state index contributed by atoms with van der Waals surface area (Å²) in [6.07, 6.45) is 6.89. The third kappa shape index (κ3) is 6.14. The molecule has 0 aliphatic rings. The maximum atomic E-state index is 6.60. The zero-order chi connectivity index (χ0) is 33.9. The standard InChI is InChI=1S/C43H42N4O.Pt/c1-10-31-17-18-44-41(19-31)47-39-14-12-11-13-37(39)38-16-15-35(23-40(38)47)48-36-21-33(43(7,8)9)20-34(22-36)46-25-32(24-45-46)42-29(5)27(3)26(2)28(4)30(42)6;/h11-21,24-25H,10H2,1-9H3;/q-2;+2. The first kappa shape index (κ1) is 34.4. The first-order valence-electron chi connectivity index (χ1n) is 16.7. The van der Waals surface area contributed by atoms with Gasteiger partial charge < -0.3 is 9.30 Å². The maximum absolute atomic E-state index is 6.60. The van der Waals surface area contributed by atoms with E-state index in [1.54, 1.807) is 0 Å². The van der Waals surface area contributed by atoms with Gasteiger partial charge in [0, 0.05) is 35.0 Å². The second-order valence-corrected chi connectivity index (χ2v) is 14.0. The quantitative estimate of drug-likeness (QED) is 0.157. The van der Waals surface area contributed by atoms with Gasteiger partial charge in [0.25, 0.3) is 0 Å². The minimum absolute atomic E-state index is 0. The minimum Gasteiger partial charge on any atom is -0.509 e. The van der Waals surface area contributed by atoms with E-state index >= 15 is 0 Å². The van der Waals surface area contributed by atoms with Crippen molar-refractivity contribution in [2.75, 3.05) is 0 Å². The number of hydrogen-bond acceptors (Lipinski definition) is 3. The fraction of sp³-hybridized carbons (Fsp3) is 0.256. The number of para-hydroxylation sites is 1. The largest absolute Gasteiger partial charge is 2.00 e. The summed E-state index contributed by atoms with van der Waals surface area (Å²) in [6, 6.07) is 28.1. The number of aromatic nitrogens is 4. The number of rotatable bonds is 6. The van der Waals surface area contributed by atoms with E-state index in [-0.39, 0.29) is 26.5 Å². The monoisotopic (exact) mass is 825 g/mol. The molecule has 3 aromatic heterocycles. The van der Waals surface area contributed by atoms with Crippen molar-refractivity contribution in [2.24, 2.45) is 0 Å². The molecule has 0 amide bonds. The predicted molar refractivity (Wildman–Crippen MR) is 197 cm³/mol. The molecule has 4 aromatic carbocycles. The number of pyridine rings is 1. The summed E-state index contributed by atoms with van der Waals surface area (Å²) in [5.74, 6) is 2.11. The summed E-state index contributed by atoms with van der Waals surface area (Å²) in [5.41, 5.74) is 14.1. The summed E-state index contributed by atoms with van der Waals surface area (Å²) < 4.78 is 10.7. The smallest absolute Gasteiger partial charge is 0.509 e. The molecule has 0 bridgehead atoms. The molecular weight excluding hydrogens is 784 g/mol. The Morgan fingerprint density at radius 1 is 0.776 bits per heavy atom. The molecule has 0 radical (unpaired) electrons. The number of fused-ring (bicyclic) bond motifs is 3. The summed E-state index contributed by atoms with van der Waals surface area (Å²) in [5, 5.41) is 7.09. The Morgan fingerprint density at radius 2 is 1.49 bits per heavy atom. The van der Waals surface area contributed by atoms with E-state index in [0.717, 1.165) is 50.9 Å². The Morgan fingerprint density at radius 3 is 2.20 bits per heavy atom. The van der Waals surface area contributed by atoms with Crippen molar-refractivity contribution < 1.29 is 25.8 Å². The van der Waals surface area contributed by atoms with E-state index in [2.05, 4.69) is 140 Å². The van der Waals surface area contributed by atoms with Gasteiger partial charge in [-0.3, -0.25) is 4.68 Å². The Bertz CT molecular complexity index is 2330. The van der Waals surface area contributed by atoms with Gasteiger partial charge in [-0.2, -0.15) is 11.2 Å². The van der Waals surface area contributed by atoms with Gasteiger partial charge in [0.05, 0.1) is 6.20 Å². The van der Waals surface area contributed by atoms with Gasteiger partial charge in [-0.25, -0.2) is 4.98 Å². The van der Waals surface area contributed by atoms with Gasteiger partial charge >= 0.3 is 21.1 Å². The molecule has 0 spiro atoms. The molecule has 7 aromatic rings.